The average Bonchev–Trinajstić information content (AvgIpc) is 2.53. The molecule has 0 bridgehead atoms. The predicted molar refractivity (Wildman–Crippen MR) is 79.9 cm³/mol. The van der Waals surface area contributed by atoms with E-state index >= 15 is 0 Å². The molecule has 2 aliphatic rings. The molecular weight excluding hydrogens is 286 g/mol. The summed E-state index contributed by atoms with van der Waals surface area (Å²) in [6.07, 6.45) is -0.172. The van der Waals surface area contributed by atoms with Crippen molar-refractivity contribution in [2.75, 3.05) is 17.7 Å². The molecule has 0 saturated carbocycles. The molecule has 0 fully saturated rings. The number of hydrogen-bond donors (Lipinski definition) is 1. The maximum absolute atomic E-state index is 11.5. The Morgan fingerprint density at radius 1 is 1.29 bits per heavy atom. The lowest BCUT2D eigenvalue weighted by Crippen LogP contribution is -2.23. The summed E-state index contributed by atoms with van der Waals surface area (Å²) in [7, 11) is 0. The van der Waals surface area contributed by atoms with Crippen molar-refractivity contribution >= 4 is 23.4 Å². The van der Waals surface area contributed by atoms with Gasteiger partial charge in [-0.2, -0.15) is 0 Å². The maximum atomic E-state index is 11.5. The minimum atomic E-state index is -0.172. The van der Waals surface area contributed by atoms with Crippen molar-refractivity contribution in [2.45, 2.75) is 11.0 Å². The van der Waals surface area contributed by atoms with Crippen LogP contribution in [0, 0.1) is 6.07 Å². The number of fused-ring (bicyclic) bond motifs is 2. The third-order valence-electron chi connectivity index (χ3n) is 3.46. The van der Waals surface area contributed by atoms with E-state index in [0.717, 1.165) is 27.6 Å². The Hall–Kier alpha value is -2.14. The van der Waals surface area contributed by atoms with Crippen LogP contribution in [0.5, 0.6) is 11.5 Å². The van der Waals surface area contributed by atoms with E-state index in [9.17, 15) is 4.79 Å². The highest BCUT2D eigenvalue weighted by atomic mass is 32.2. The predicted octanol–water partition coefficient (Wildman–Crippen LogP) is 3.04. The zero-order valence-electron chi connectivity index (χ0n) is 11.1. The quantitative estimate of drug-likeness (QED) is 0.879. The fourth-order valence-electron chi connectivity index (χ4n) is 2.43. The van der Waals surface area contributed by atoms with Crippen LogP contribution >= 0.6 is 11.8 Å². The second-order valence-corrected chi connectivity index (χ2v) is 5.90. The maximum Gasteiger partial charge on any atom is 0.234 e. The molecule has 1 radical (unpaired) electrons. The van der Waals surface area contributed by atoms with E-state index in [1.807, 2.05) is 24.3 Å². The fourth-order valence-corrected chi connectivity index (χ4v) is 3.22. The zero-order chi connectivity index (χ0) is 14.2. The molecule has 2 aromatic carbocycles. The second kappa shape index (κ2) is 5.00. The molecule has 1 amide bonds. The molecule has 2 aliphatic heterocycles. The van der Waals surface area contributed by atoms with Crippen LogP contribution in [0.4, 0.5) is 5.69 Å². The number of amides is 1. The Morgan fingerprint density at radius 2 is 2.24 bits per heavy atom. The number of rotatable bonds is 1. The zero-order valence-corrected chi connectivity index (χ0v) is 11.9. The van der Waals surface area contributed by atoms with Gasteiger partial charge in [-0.1, -0.05) is 12.1 Å². The van der Waals surface area contributed by atoms with Gasteiger partial charge in [0.05, 0.1) is 11.4 Å². The van der Waals surface area contributed by atoms with Gasteiger partial charge in [-0.25, -0.2) is 0 Å². The number of hydrogen-bond acceptors (Lipinski definition) is 4. The molecule has 105 valence electrons. The topological polar surface area (TPSA) is 47.6 Å². The molecule has 0 saturated heterocycles. The van der Waals surface area contributed by atoms with E-state index in [-0.39, 0.29) is 12.0 Å². The summed E-state index contributed by atoms with van der Waals surface area (Å²) >= 11 is 1.55. The molecule has 1 N–H and O–H groups in total. The molecular formula is C16H12NO3S. The minimum absolute atomic E-state index is 0.0337. The summed E-state index contributed by atoms with van der Waals surface area (Å²) < 4.78 is 11.7. The number of benzene rings is 2. The lowest BCUT2D eigenvalue weighted by molar-refractivity contribution is -0.113. The van der Waals surface area contributed by atoms with Crippen LogP contribution in [0.2, 0.25) is 0 Å². The average molecular weight is 298 g/mol. The molecule has 4 nitrogen and oxygen atoms in total. The van der Waals surface area contributed by atoms with Gasteiger partial charge in [0.25, 0.3) is 0 Å². The first-order valence-corrected chi connectivity index (χ1v) is 7.64. The molecule has 1 unspecified atom stereocenters. The lowest BCUT2D eigenvalue weighted by Gasteiger charge is -2.27. The number of carbonyl (C=O) groups excluding carboxylic acids is 1. The van der Waals surface area contributed by atoms with E-state index in [1.54, 1.807) is 23.9 Å². The van der Waals surface area contributed by atoms with Gasteiger partial charge >= 0.3 is 0 Å². The monoisotopic (exact) mass is 298 g/mol. The lowest BCUT2D eigenvalue weighted by atomic mass is 10.1. The first-order chi connectivity index (χ1) is 10.3. The van der Waals surface area contributed by atoms with E-state index in [4.69, 9.17) is 9.47 Å². The first kappa shape index (κ1) is 12.6. The normalized spacial score (nSPS) is 19.6. The molecule has 21 heavy (non-hydrogen) atoms. The molecule has 1 atom stereocenters. The molecule has 0 spiro atoms. The van der Waals surface area contributed by atoms with Crippen LogP contribution in [-0.4, -0.2) is 18.3 Å². The Labute approximate surface area is 126 Å². The molecule has 2 heterocycles. The van der Waals surface area contributed by atoms with Crippen LogP contribution < -0.4 is 14.8 Å². The summed E-state index contributed by atoms with van der Waals surface area (Å²) in [6, 6.07) is 14.4. The van der Waals surface area contributed by atoms with Crippen LogP contribution in [0.1, 0.15) is 11.7 Å². The Balaban J connectivity index is 1.63. The van der Waals surface area contributed by atoms with Crippen molar-refractivity contribution in [3.63, 3.8) is 0 Å². The number of nitrogens with one attached hydrogen (secondary N) is 1. The smallest absolute Gasteiger partial charge is 0.234 e. The summed E-state index contributed by atoms with van der Waals surface area (Å²) in [5, 5.41) is 2.90. The van der Waals surface area contributed by atoms with Crippen molar-refractivity contribution in [3.8, 4) is 11.5 Å². The van der Waals surface area contributed by atoms with Crippen molar-refractivity contribution in [1.29, 1.82) is 0 Å². The number of anilines is 1. The SMILES string of the molecule is O=C1CSc2ccc(C3COc4c[c]ccc4O3)cc2N1. The van der Waals surface area contributed by atoms with Crippen molar-refractivity contribution in [3.05, 3.63) is 48.0 Å². The van der Waals surface area contributed by atoms with Crippen molar-refractivity contribution in [1.82, 2.24) is 0 Å². The van der Waals surface area contributed by atoms with Gasteiger partial charge in [0.2, 0.25) is 5.91 Å². The highest BCUT2D eigenvalue weighted by Gasteiger charge is 2.24. The first-order valence-electron chi connectivity index (χ1n) is 6.66. The highest BCUT2D eigenvalue weighted by Crippen LogP contribution is 2.38. The van der Waals surface area contributed by atoms with Gasteiger partial charge in [0.15, 0.2) is 17.6 Å². The molecule has 5 heteroatoms. The molecule has 2 aromatic rings. The largest absolute Gasteiger partial charge is 0.485 e. The Bertz CT molecular complexity index is 716. The van der Waals surface area contributed by atoms with Crippen LogP contribution in [0.15, 0.2) is 41.3 Å². The molecule has 0 aliphatic carbocycles. The van der Waals surface area contributed by atoms with Gasteiger partial charge < -0.3 is 14.8 Å². The second-order valence-electron chi connectivity index (χ2n) is 4.88. The Kier molecular flexibility index (Phi) is 3.00. The molecule has 4 rings (SSSR count). The van der Waals surface area contributed by atoms with Gasteiger partial charge in [-0.15, -0.1) is 11.8 Å². The summed E-state index contributed by atoms with van der Waals surface area (Å²) in [4.78, 5) is 12.6. The standard InChI is InChI=1S/C16H12NO3S/c18-16-9-21-15-6-5-10(7-11(15)17-16)14-8-19-12-3-1-2-4-13(12)20-14/h2-7,14H,8-9H2,(H,17,18). The van der Waals surface area contributed by atoms with Gasteiger partial charge in [0, 0.05) is 4.90 Å². The number of carbonyl (C=O) groups is 1. The van der Waals surface area contributed by atoms with Gasteiger partial charge in [-0.3, -0.25) is 4.79 Å². The van der Waals surface area contributed by atoms with E-state index < -0.39 is 0 Å². The van der Waals surface area contributed by atoms with Crippen LogP contribution in [0.25, 0.3) is 0 Å². The van der Waals surface area contributed by atoms with E-state index in [2.05, 4.69) is 11.4 Å². The highest BCUT2D eigenvalue weighted by molar-refractivity contribution is 8.00. The van der Waals surface area contributed by atoms with Crippen molar-refractivity contribution in [2.24, 2.45) is 0 Å². The number of thioether (sulfide) groups is 1. The third-order valence-corrected chi connectivity index (χ3v) is 4.53. The molecule has 0 aromatic heterocycles. The van der Waals surface area contributed by atoms with E-state index in [0.29, 0.717) is 12.4 Å². The third kappa shape index (κ3) is 2.34. The fraction of sp³-hybridized carbons (Fsp3) is 0.188. The van der Waals surface area contributed by atoms with Crippen molar-refractivity contribution < 1.29 is 14.3 Å². The van der Waals surface area contributed by atoms with Crippen LogP contribution in [0.3, 0.4) is 0 Å². The Morgan fingerprint density at radius 3 is 3.19 bits per heavy atom. The van der Waals surface area contributed by atoms with Gasteiger partial charge in [0.1, 0.15) is 6.61 Å². The van der Waals surface area contributed by atoms with Gasteiger partial charge in [-0.05, 0) is 35.9 Å². The summed E-state index contributed by atoms with van der Waals surface area (Å²) in [6.45, 7) is 0.449. The summed E-state index contributed by atoms with van der Waals surface area (Å²) in [5.74, 6) is 1.95. The summed E-state index contributed by atoms with van der Waals surface area (Å²) in [5.41, 5.74) is 1.85. The number of ether oxygens (including phenoxy) is 2. The van der Waals surface area contributed by atoms with Crippen LogP contribution in [-0.2, 0) is 4.79 Å². The minimum Gasteiger partial charge on any atom is -0.485 e. The van der Waals surface area contributed by atoms with E-state index in [1.165, 1.54) is 0 Å².